The fourth-order valence-electron chi connectivity index (χ4n) is 6.61. The summed E-state index contributed by atoms with van der Waals surface area (Å²) in [5, 5.41) is 9.45. The van der Waals surface area contributed by atoms with Crippen molar-refractivity contribution in [3.63, 3.8) is 0 Å². The van der Waals surface area contributed by atoms with Gasteiger partial charge in [-0.15, -0.1) is 5.10 Å². The van der Waals surface area contributed by atoms with E-state index in [1.165, 1.54) is 22.4 Å². The van der Waals surface area contributed by atoms with Crippen molar-refractivity contribution in [1.29, 1.82) is 0 Å². The van der Waals surface area contributed by atoms with Crippen molar-refractivity contribution < 1.29 is 0 Å². The molecule has 34 heavy (non-hydrogen) atoms. The summed E-state index contributed by atoms with van der Waals surface area (Å²) in [7, 11) is 0. The van der Waals surface area contributed by atoms with Crippen LogP contribution in [0.1, 0.15) is 47.1 Å². The zero-order valence-electron chi connectivity index (χ0n) is 18.6. The Hall–Kier alpha value is -3.50. The molecule has 1 saturated carbocycles. The van der Waals surface area contributed by atoms with Crippen molar-refractivity contribution >= 4 is 22.6 Å². The highest BCUT2D eigenvalue weighted by Gasteiger charge is 2.56. The third kappa shape index (κ3) is 2.82. The van der Waals surface area contributed by atoms with Crippen LogP contribution in [-0.4, -0.2) is 20.0 Å². The number of halogens is 1. The van der Waals surface area contributed by atoms with E-state index in [1.807, 2.05) is 29.1 Å². The quantitative estimate of drug-likeness (QED) is 0.302. The average Bonchev–Trinajstić information content (AvgIpc) is 3.55. The number of para-hydroxylation sites is 1. The van der Waals surface area contributed by atoms with Gasteiger partial charge in [0.2, 0.25) is 0 Å². The lowest BCUT2D eigenvalue weighted by atomic mass is 9.66. The van der Waals surface area contributed by atoms with E-state index in [1.54, 1.807) is 0 Å². The summed E-state index contributed by atoms with van der Waals surface area (Å²) >= 11 is 6.37. The van der Waals surface area contributed by atoms with Gasteiger partial charge in [0.1, 0.15) is 5.52 Å². The smallest absolute Gasteiger partial charge is 0.113 e. The van der Waals surface area contributed by atoms with Crippen molar-refractivity contribution in [2.24, 2.45) is 0 Å². The third-order valence-corrected chi connectivity index (χ3v) is 8.18. The van der Waals surface area contributed by atoms with Gasteiger partial charge in [0.25, 0.3) is 0 Å². The van der Waals surface area contributed by atoms with Crippen LogP contribution in [0, 0.1) is 0 Å². The highest BCUT2D eigenvalue weighted by molar-refractivity contribution is 6.30. The molecule has 2 aliphatic carbocycles. The second-order valence-electron chi connectivity index (χ2n) is 9.55. The molecule has 0 bridgehead atoms. The second kappa shape index (κ2) is 7.51. The number of hydrogen-bond donors (Lipinski definition) is 0. The fraction of sp³-hybridized carbons (Fsp3) is 0.207. The molecule has 5 aromatic rings. The number of hydrogen-bond acceptors (Lipinski definition) is 3. The molecular weight excluding hydrogens is 440 g/mol. The van der Waals surface area contributed by atoms with Gasteiger partial charge in [-0.1, -0.05) is 71.4 Å². The van der Waals surface area contributed by atoms with Gasteiger partial charge >= 0.3 is 0 Å². The number of fused-ring (bicyclic) bond motifs is 4. The molecule has 3 unspecified atom stereocenters. The normalized spacial score (nSPS) is 23.2. The lowest BCUT2D eigenvalue weighted by molar-refractivity contribution is 0.373. The maximum Gasteiger partial charge on any atom is 0.113 e. The summed E-state index contributed by atoms with van der Waals surface area (Å²) in [6.07, 6.45) is 5.07. The van der Waals surface area contributed by atoms with E-state index in [9.17, 15) is 0 Å². The molecule has 0 amide bonds. The van der Waals surface area contributed by atoms with E-state index in [0.29, 0.717) is 11.8 Å². The van der Waals surface area contributed by atoms with E-state index in [-0.39, 0.29) is 5.41 Å². The first-order valence-corrected chi connectivity index (χ1v) is 12.2. The first-order valence-electron chi connectivity index (χ1n) is 11.8. The molecule has 3 aromatic carbocycles. The molecule has 0 radical (unpaired) electrons. The average molecular weight is 463 g/mol. The molecular formula is C29H23ClN4. The van der Waals surface area contributed by atoms with Crippen molar-refractivity contribution in [3.8, 4) is 5.69 Å². The van der Waals surface area contributed by atoms with Crippen LogP contribution in [0.25, 0.3) is 16.7 Å². The summed E-state index contributed by atoms with van der Waals surface area (Å²) in [5.74, 6) is 0.827. The molecule has 3 atom stereocenters. The van der Waals surface area contributed by atoms with E-state index in [4.69, 9.17) is 16.6 Å². The van der Waals surface area contributed by atoms with Crippen LogP contribution in [0.2, 0.25) is 5.02 Å². The summed E-state index contributed by atoms with van der Waals surface area (Å²) in [4.78, 5) is 4.84. The molecule has 7 rings (SSSR count). The molecule has 0 spiro atoms. The van der Waals surface area contributed by atoms with Gasteiger partial charge < -0.3 is 0 Å². The van der Waals surface area contributed by atoms with Crippen molar-refractivity contribution in [2.75, 3.05) is 0 Å². The minimum atomic E-state index is -0.0235. The number of pyridine rings is 1. The Morgan fingerprint density at radius 1 is 0.853 bits per heavy atom. The van der Waals surface area contributed by atoms with Gasteiger partial charge in [0.05, 0.1) is 16.2 Å². The largest absolute Gasteiger partial charge is 0.259 e. The summed E-state index contributed by atoms with van der Waals surface area (Å²) in [6, 6.07) is 30.2. The molecule has 2 heterocycles. The molecule has 5 heteroatoms. The van der Waals surface area contributed by atoms with Gasteiger partial charge in [-0.2, -0.15) is 0 Å². The van der Waals surface area contributed by atoms with Gasteiger partial charge in [0.15, 0.2) is 0 Å². The van der Waals surface area contributed by atoms with Crippen LogP contribution in [0.3, 0.4) is 0 Å². The Bertz CT molecular complexity index is 1510. The van der Waals surface area contributed by atoms with E-state index >= 15 is 0 Å². The Balaban J connectivity index is 1.36. The van der Waals surface area contributed by atoms with Gasteiger partial charge in [-0.25, -0.2) is 4.68 Å². The molecule has 4 nitrogen and oxygen atoms in total. The minimum absolute atomic E-state index is 0.0235. The lowest BCUT2D eigenvalue weighted by Gasteiger charge is -2.37. The van der Waals surface area contributed by atoms with E-state index < -0.39 is 0 Å². The summed E-state index contributed by atoms with van der Waals surface area (Å²) in [5.41, 5.74) is 8.22. The zero-order valence-corrected chi connectivity index (χ0v) is 19.4. The first kappa shape index (κ1) is 19.9. The molecule has 166 valence electrons. The molecule has 0 saturated heterocycles. The zero-order chi connectivity index (χ0) is 22.7. The first-order chi connectivity index (χ1) is 16.7. The third-order valence-electron chi connectivity index (χ3n) is 7.97. The predicted octanol–water partition coefficient (Wildman–Crippen LogP) is 6.62. The molecule has 0 N–H and O–H groups in total. The number of rotatable bonds is 3. The van der Waals surface area contributed by atoms with Crippen LogP contribution in [0.15, 0.2) is 91.1 Å². The number of nitrogens with zero attached hydrogens (tertiary/aromatic N) is 4. The van der Waals surface area contributed by atoms with Crippen LogP contribution in [0.5, 0.6) is 0 Å². The summed E-state index contributed by atoms with van der Waals surface area (Å²) in [6.45, 7) is 0. The topological polar surface area (TPSA) is 43.6 Å². The van der Waals surface area contributed by atoms with Crippen molar-refractivity contribution in [1.82, 2.24) is 20.0 Å². The lowest BCUT2D eigenvalue weighted by Crippen LogP contribution is -2.33. The Morgan fingerprint density at radius 3 is 2.47 bits per heavy atom. The SMILES string of the molecule is Clc1cnc2c(c1)CC1(c3ccc(-n4nnc5ccccc54)cc3)C(c3ccccc3)CCC21. The van der Waals surface area contributed by atoms with Crippen molar-refractivity contribution in [2.45, 2.75) is 36.5 Å². The highest BCUT2D eigenvalue weighted by Crippen LogP contribution is 2.63. The molecule has 1 fully saturated rings. The summed E-state index contributed by atoms with van der Waals surface area (Å²) < 4.78 is 1.92. The van der Waals surface area contributed by atoms with Crippen LogP contribution in [-0.2, 0) is 11.8 Å². The van der Waals surface area contributed by atoms with Crippen molar-refractivity contribution in [3.05, 3.63) is 119 Å². The Kier molecular flexibility index (Phi) is 4.40. The molecule has 0 aliphatic heterocycles. The van der Waals surface area contributed by atoms with Crippen LogP contribution in [0.4, 0.5) is 0 Å². The minimum Gasteiger partial charge on any atom is -0.259 e. The Morgan fingerprint density at radius 2 is 1.62 bits per heavy atom. The molecule has 2 aromatic heterocycles. The van der Waals surface area contributed by atoms with E-state index in [0.717, 1.165) is 41.0 Å². The molecule has 2 aliphatic rings. The fourth-order valence-corrected chi connectivity index (χ4v) is 6.79. The van der Waals surface area contributed by atoms with Gasteiger partial charge in [-0.3, -0.25) is 4.98 Å². The van der Waals surface area contributed by atoms with Crippen LogP contribution >= 0.6 is 11.6 Å². The van der Waals surface area contributed by atoms with E-state index in [2.05, 4.69) is 77.0 Å². The van der Waals surface area contributed by atoms with Gasteiger partial charge in [-0.05, 0) is 72.2 Å². The maximum atomic E-state index is 6.37. The Labute approximate surface area is 203 Å². The van der Waals surface area contributed by atoms with Crippen LogP contribution < -0.4 is 0 Å². The van der Waals surface area contributed by atoms with Gasteiger partial charge in [0, 0.05) is 23.2 Å². The second-order valence-corrected chi connectivity index (χ2v) is 9.98. The number of aromatic nitrogens is 4. The monoisotopic (exact) mass is 462 g/mol. The standard InChI is InChI=1S/C29H23ClN4/c30-22-16-20-17-29(24(19-6-2-1-3-7-19)14-15-25(29)28(20)31-18-22)21-10-12-23(13-11-21)34-27-9-5-4-8-26(27)32-33-34/h1-13,16,18,24-25H,14-15,17H2. The number of benzene rings is 3. The highest BCUT2D eigenvalue weighted by atomic mass is 35.5. The predicted molar refractivity (Wildman–Crippen MR) is 135 cm³/mol. The maximum absolute atomic E-state index is 6.37.